The number of ether oxygens (including phenoxy) is 2. The number of hydrogen-bond donors (Lipinski definition) is 0. The number of carbonyl (C=O) groups is 1. The normalized spacial score (nSPS) is 25.2. The number of benzene rings is 1. The van der Waals surface area contributed by atoms with Crippen LogP contribution in [0.15, 0.2) is 18.2 Å². The van der Waals surface area contributed by atoms with Crippen molar-refractivity contribution in [1.29, 1.82) is 0 Å². The Hall–Kier alpha value is -1.07. The van der Waals surface area contributed by atoms with Gasteiger partial charge in [0.1, 0.15) is 5.75 Å². The molecule has 1 fully saturated rings. The first kappa shape index (κ1) is 13.9. The summed E-state index contributed by atoms with van der Waals surface area (Å²) in [6.45, 7) is 3.97. The van der Waals surface area contributed by atoms with E-state index in [9.17, 15) is 4.79 Å². The van der Waals surface area contributed by atoms with Gasteiger partial charge >= 0.3 is 0 Å². The van der Waals surface area contributed by atoms with E-state index < -0.39 is 0 Å². The van der Waals surface area contributed by atoms with Gasteiger partial charge in [-0.3, -0.25) is 4.79 Å². The molecule has 4 nitrogen and oxygen atoms in total. The van der Waals surface area contributed by atoms with Crippen LogP contribution in [0.2, 0.25) is 0 Å². The van der Waals surface area contributed by atoms with E-state index >= 15 is 0 Å². The molecule has 2 atom stereocenters. The van der Waals surface area contributed by atoms with Gasteiger partial charge in [-0.2, -0.15) is 0 Å². The fourth-order valence-corrected chi connectivity index (χ4v) is 3.07. The van der Waals surface area contributed by atoms with E-state index in [2.05, 4.69) is 15.9 Å². The molecule has 2 aliphatic heterocycles. The zero-order valence-electron chi connectivity index (χ0n) is 11.5. The topological polar surface area (TPSA) is 38.8 Å². The molecule has 2 aliphatic rings. The van der Waals surface area contributed by atoms with Crippen LogP contribution in [0.25, 0.3) is 0 Å². The van der Waals surface area contributed by atoms with Crippen LogP contribution < -0.4 is 4.74 Å². The number of hydrogen-bond acceptors (Lipinski definition) is 3. The third-order valence-electron chi connectivity index (χ3n) is 3.87. The first-order valence-electron chi connectivity index (χ1n) is 6.93. The maximum absolute atomic E-state index is 12.7. The Morgan fingerprint density at radius 2 is 2.35 bits per heavy atom. The predicted octanol–water partition coefficient (Wildman–Crippen LogP) is 2.25. The van der Waals surface area contributed by atoms with Crippen LogP contribution in [0.5, 0.6) is 5.75 Å². The number of fused-ring (bicyclic) bond motifs is 1. The first-order chi connectivity index (χ1) is 9.69. The molecule has 1 amide bonds. The molecule has 0 radical (unpaired) electrons. The van der Waals surface area contributed by atoms with E-state index in [-0.39, 0.29) is 18.1 Å². The summed E-state index contributed by atoms with van der Waals surface area (Å²) in [6.07, 6.45) is 0.965. The van der Waals surface area contributed by atoms with Crippen LogP contribution in [-0.4, -0.2) is 48.0 Å². The lowest BCUT2D eigenvalue weighted by Crippen LogP contribution is -2.51. The summed E-state index contributed by atoms with van der Waals surface area (Å²) in [4.78, 5) is 14.6. The van der Waals surface area contributed by atoms with Gasteiger partial charge in [0.25, 0.3) is 5.91 Å². The highest BCUT2D eigenvalue weighted by atomic mass is 79.9. The third-order valence-corrected chi connectivity index (χ3v) is 4.60. The largest absolute Gasteiger partial charge is 0.493 e. The number of nitrogens with zero attached hydrogens (tertiary/aromatic N) is 1. The summed E-state index contributed by atoms with van der Waals surface area (Å²) in [5.41, 5.74) is 1.88. The van der Waals surface area contributed by atoms with E-state index in [0.717, 1.165) is 28.6 Å². The fourth-order valence-electron chi connectivity index (χ4n) is 2.68. The Morgan fingerprint density at radius 1 is 1.50 bits per heavy atom. The van der Waals surface area contributed by atoms with Crippen molar-refractivity contribution in [3.63, 3.8) is 0 Å². The van der Waals surface area contributed by atoms with Gasteiger partial charge in [-0.25, -0.2) is 0 Å². The zero-order valence-corrected chi connectivity index (χ0v) is 13.1. The highest BCUT2D eigenvalue weighted by Gasteiger charge is 2.30. The molecule has 108 valence electrons. The molecule has 0 saturated carbocycles. The van der Waals surface area contributed by atoms with E-state index in [0.29, 0.717) is 19.8 Å². The number of rotatable bonds is 2. The standard InChI is InChI=1S/C15H18BrNO3/c1-10-9-20-13(7-16)8-17(10)15(18)12-2-3-14-11(6-12)4-5-19-14/h2-3,6,10,13H,4-5,7-9H2,1H3. The van der Waals surface area contributed by atoms with Crippen LogP contribution in [0.4, 0.5) is 0 Å². The summed E-state index contributed by atoms with van der Waals surface area (Å²) in [5, 5.41) is 0.752. The average molecular weight is 340 g/mol. The van der Waals surface area contributed by atoms with Gasteiger partial charge in [0.15, 0.2) is 0 Å². The van der Waals surface area contributed by atoms with E-state index in [1.54, 1.807) is 0 Å². The van der Waals surface area contributed by atoms with Gasteiger partial charge < -0.3 is 14.4 Å². The first-order valence-corrected chi connectivity index (χ1v) is 8.05. The molecule has 2 unspecified atom stereocenters. The van der Waals surface area contributed by atoms with E-state index in [1.165, 1.54) is 0 Å². The summed E-state index contributed by atoms with van der Waals surface area (Å²) in [5.74, 6) is 0.997. The SMILES string of the molecule is CC1COC(CBr)CN1C(=O)c1ccc2c(c1)CCO2. The van der Waals surface area contributed by atoms with Crippen molar-refractivity contribution in [3.8, 4) is 5.75 Å². The number of morpholine rings is 1. The number of alkyl halides is 1. The van der Waals surface area contributed by atoms with Crippen LogP contribution in [0.1, 0.15) is 22.8 Å². The smallest absolute Gasteiger partial charge is 0.254 e. The van der Waals surface area contributed by atoms with Crippen molar-refractivity contribution in [3.05, 3.63) is 29.3 Å². The summed E-state index contributed by atoms with van der Waals surface area (Å²) in [6, 6.07) is 5.85. The van der Waals surface area contributed by atoms with Crippen molar-refractivity contribution in [1.82, 2.24) is 4.90 Å². The fraction of sp³-hybridized carbons (Fsp3) is 0.533. The molecule has 20 heavy (non-hydrogen) atoms. The van der Waals surface area contributed by atoms with Gasteiger partial charge in [-0.05, 0) is 30.7 Å². The number of amides is 1. The molecule has 2 heterocycles. The molecular weight excluding hydrogens is 322 g/mol. The molecule has 0 aromatic heterocycles. The van der Waals surface area contributed by atoms with Crippen LogP contribution in [0, 0.1) is 0 Å². The molecule has 0 bridgehead atoms. The lowest BCUT2D eigenvalue weighted by atomic mass is 10.1. The van der Waals surface area contributed by atoms with Crippen molar-refractivity contribution >= 4 is 21.8 Å². The Morgan fingerprint density at radius 3 is 3.15 bits per heavy atom. The number of carbonyl (C=O) groups excluding carboxylic acids is 1. The van der Waals surface area contributed by atoms with Gasteiger partial charge in [-0.1, -0.05) is 15.9 Å². The minimum absolute atomic E-state index is 0.0768. The minimum atomic E-state index is 0.0768. The van der Waals surface area contributed by atoms with Crippen molar-refractivity contribution < 1.29 is 14.3 Å². The summed E-state index contributed by atoms with van der Waals surface area (Å²) in [7, 11) is 0. The van der Waals surface area contributed by atoms with Crippen LogP contribution in [0.3, 0.4) is 0 Å². The second kappa shape index (κ2) is 5.74. The lowest BCUT2D eigenvalue weighted by molar-refractivity contribution is -0.0361. The van der Waals surface area contributed by atoms with E-state index in [4.69, 9.17) is 9.47 Å². The Balaban J connectivity index is 1.80. The third kappa shape index (κ3) is 2.56. The molecule has 0 aliphatic carbocycles. The monoisotopic (exact) mass is 339 g/mol. The van der Waals surface area contributed by atoms with Crippen molar-refractivity contribution in [2.24, 2.45) is 0 Å². The van der Waals surface area contributed by atoms with Gasteiger partial charge in [0.05, 0.1) is 25.4 Å². The quantitative estimate of drug-likeness (QED) is 0.775. The van der Waals surface area contributed by atoms with Crippen molar-refractivity contribution in [2.45, 2.75) is 25.5 Å². The number of halogens is 1. The lowest BCUT2D eigenvalue weighted by Gasteiger charge is -2.37. The highest BCUT2D eigenvalue weighted by molar-refractivity contribution is 9.09. The van der Waals surface area contributed by atoms with Crippen LogP contribution in [-0.2, 0) is 11.2 Å². The summed E-state index contributed by atoms with van der Waals surface area (Å²) >= 11 is 3.42. The maximum Gasteiger partial charge on any atom is 0.254 e. The Kier molecular flexibility index (Phi) is 3.98. The maximum atomic E-state index is 12.7. The molecular formula is C15H18BrNO3. The molecule has 1 saturated heterocycles. The second-order valence-corrected chi connectivity index (χ2v) is 5.98. The predicted molar refractivity (Wildman–Crippen MR) is 79.7 cm³/mol. The Labute approximate surface area is 127 Å². The van der Waals surface area contributed by atoms with Gasteiger partial charge in [-0.15, -0.1) is 0 Å². The van der Waals surface area contributed by atoms with E-state index in [1.807, 2.05) is 30.0 Å². The van der Waals surface area contributed by atoms with Crippen LogP contribution >= 0.6 is 15.9 Å². The highest BCUT2D eigenvalue weighted by Crippen LogP contribution is 2.27. The van der Waals surface area contributed by atoms with Gasteiger partial charge in [0.2, 0.25) is 0 Å². The second-order valence-electron chi connectivity index (χ2n) is 5.34. The molecule has 5 heteroatoms. The minimum Gasteiger partial charge on any atom is -0.493 e. The molecule has 1 aromatic carbocycles. The molecule has 3 rings (SSSR count). The zero-order chi connectivity index (χ0) is 14.1. The summed E-state index contributed by atoms with van der Waals surface area (Å²) < 4.78 is 11.2. The van der Waals surface area contributed by atoms with Gasteiger partial charge in [0, 0.05) is 23.9 Å². The average Bonchev–Trinajstić information content (AvgIpc) is 2.94. The Bertz CT molecular complexity index is 520. The molecule has 0 spiro atoms. The molecule has 0 N–H and O–H groups in total. The molecule has 1 aromatic rings. The van der Waals surface area contributed by atoms with Crippen molar-refractivity contribution in [2.75, 3.05) is 25.1 Å².